The van der Waals surface area contributed by atoms with Gasteiger partial charge in [0.2, 0.25) is 0 Å². The molecule has 0 spiro atoms. The summed E-state index contributed by atoms with van der Waals surface area (Å²) in [6.07, 6.45) is 7.52. The number of halogens is 2. The van der Waals surface area contributed by atoms with Gasteiger partial charge in [-0.2, -0.15) is 0 Å². The van der Waals surface area contributed by atoms with Gasteiger partial charge in [0.05, 0.1) is 23.4 Å². The fraction of sp³-hybridized carbons (Fsp3) is 0.364. The number of anilines is 1. The van der Waals surface area contributed by atoms with E-state index in [9.17, 15) is 5.11 Å². The third-order valence-corrected chi connectivity index (χ3v) is 6.01. The minimum Gasteiger partial charge on any atom is -0.506 e. The molecule has 1 heterocycles. The Morgan fingerprint density at radius 1 is 1.22 bits per heavy atom. The molecule has 2 N–H and O–H groups in total. The minimum absolute atomic E-state index is 0.0929. The third-order valence-electron chi connectivity index (χ3n) is 5.51. The van der Waals surface area contributed by atoms with Crippen LogP contribution in [0.25, 0.3) is 0 Å². The molecule has 0 radical (unpaired) electrons. The number of phenolic OH excluding ortho intramolecular Hbond substituents is 1. The molecule has 3 atom stereocenters. The smallest absolute Gasteiger partial charge is 0.142 e. The number of ether oxygens (including phenoxy) is 1. The number of hydrogen-bond donors (Lipinski definition) is 2. The van der Waals surface area contributed by atoms with Crippen molar-refractivity contribution < 1.29 is 9.84 Å². The average molecular weight is 404 g/mol. The highest BCUT2D eigenvalue weighted by Crippen LogP contribution is 2.54. The Balaban J connectivity index is 1.76. The van der Waals surface area contributed by atoms with Crippen molar-refractivity contribution in [3.63, 3.8) is 0 Å². The molecule has 1 aliphatic heterocycles. The van der Waals surface area contributed by atoms with E-state index in [2.05, 4.69) is 36.5 Å². The molecule has 1 aliphatic carbocycles. The number of allylic oxidation sites excluding steroid dienone is 2. The maximum Gasteiger partial charge on any atom is 0.142 e. The van der Waals surface area contributed by atoms with Gasteiger partial charge in [-0.1, -0.05) is 60.8 Å². The molecule has 2 aliphatic rings. The van der Waals surface area contributed by atoms with E-state index >= 15 is 0 Å². The Labute approximate surface area is 170 Å². The standard InChI is InChI=1S/C22H23Cl2NO2/c1-2-3-10-27-19-9-5-8-16-14-6-4-7-15(14)20(25-21(16)19)17-11-13(23)12-18(24)22(17)26/h4-6,8-9,11-12,14-15,20,25-26H,2-3,7,10H2,1H3. The number of fused-ring (bicyclic) bond motifs is 3. The van der Waals surface area contributed by atoms with Gasteiger partial charge >= 0.3 is 0 Å². The van der Waals surface area contributed by atoms with E-state index in [0.29, 0.717) is 17.5 Å². The molecule has 0 saturated carbocycles. The van der Waals surface area contributed by atoms with Crippen molar-refractivity contribution >= 4 is 28.9 Å². The SMILES string of the molecule is CCCCOc1cccc2c1NC(c1cc(Cl)cc(Cl)c1O)C1CC=CC21. The molecule has 2 aromatic rings. The molecule has 0 bridgehead atoms. The summed E-state index contributed by atoms with van der Waals surface area (Å²) < 4.78 is 6.05. The van der Waals surface area contributed by atoms with Crippen LogP contribution in [0.2, 0.25) is 10.0 Å². The second-order valence-corrected chi connectivity index (χ2v) is 8.07. The van der Waals surface area contributed by atoms with Crippen LogP contribution in [0.1, 0.15) is 49.3 Å². The predicted octanol–water partition coefficient (Wildman–Crippen LogP) is 6.70. The molecule has 0 aromatic heterocycles. The zero-order chi connectivity index (χ0) is 19.0. The average Bonchev–Trinajstić information content (AvgIpc) is 3.14. The van der Waals surface area contributed by atoms with Gasteiger partial charge in [0.15, 0.2) is 0 Å². The molecular formula is C22H23Cl2NO2. The molecule has 142 valence electrons. The first kappa shape index (κ1) is 18.5. The van der Waals surface area contributed by atoms with Gasteiger partial charge in [-0.3, -0.25) is 0 Å². The topological polar surface area (TPSA) is 41.5 Å². The summed E-state index contributed by atoms with van der Waals surface area (Å²) in [4.78, 5) is 0. The van der Waals surface area contributed by atoms with Crippen LogP contribution >= 0.6 is 23.2 Å². The van der Waals surface area contributed by atoms with Crippen LogP contribution in [0.4, 0.5) is 5.69 Å². The summed E-state index contributed by atoms with van der Waals surface area (Å²) in [5.74, 6) is 1.52. The highest BCUT2D eigenvalue weighted by atomic mass is 35.5. The van der Waals surface area contributed by atoms with Crippen LogP contribution in [0.3, 0.4) is 0 Å². The van der Waals surface area contributed by atoms with Crippen LogP contribution in [0, 0.1) is 5.92 Å². The molecule has 4 rings (SSSR count). The minimum atomic E-state index is -0.0929. The van der Waals surface area contributed by atoms with Gasteiger partial charge in [-0.25, -0.2) is 0 Å². The number of aromatic hydroxyl groups is 1. The largest absolute Gasteiger partial charge is 0.506 e. The summed E-state index contributed by atoms with van der Waals surface area (Å²) in [6.45, 7) is 2.84. The van der Waals surface area contributed by atoms with E-state index in [-0.39, 0.29) is 22.7 Å². The van der Waals surface area contributed by atoms with Crippen molar-refractivity contribution in [3.8, 4) is 11.5 Å². The molecule has 27 heavy (non-hydrogen) atoms. The molecule has 3 nitrogen and oxygen atoms in total. The normalized spacial score (nSPS) is 22.9. The highest BCUT2D eigenvalue weighted by molar-refractivity contribution is 6.35. The second kappa shape index (κ2) is 7.65. The van der Waals surface area contributed by atoms with Crippen LogP contribution < -0.4 is 10.1 Å². The lowest BCUT2D eigenvalue weighted by Gasteiger charge is -2.38. The molecular weight excluding hydrogens is 381 g/mol. The van der Waals surface area contributed by atoms with Crippen molar-refractivity contribution in [2.75, 3.05) is 11.9 Å². The maximum atomic E-state index is 10.6. The molecule has 0 saturated heterocycles. The van der Waals surface area contributed by atoms with Gasteiger partial charge in [-0.05, 0) is 42.5 Å². The van der Waals surface area contributed by atoms with E-state index in [4.69, 9.17) is 27.9 Å². The number of para-hydroxylation sites is 1. The van der Waals surface area contributed by atoms with E-state index in [1.54, 1.807) is 12.1 Å². The number of nitrogens with one attached hydrogen (secondary N) is 1. The Bertz CT molecular complexity index is 881. The van der Waals surface area contributed by atoms with Crippen molar-refractivity contribution in [2.45, 2.75) is 38.1 Å². The summed E-state index contributed by atoms with van der Waals surface area (Å²) in [5, 5.41) is 15.0. The number of hydrogen-bond acceptors (Lipinski definition) is 3. The van der Waals surface area contributed by atoms with Crippen molar-refractivity contribution in [1.82, 2.24) is 0 Å². The van der Waals surface area contributed by atoms with Crippen LogP contribution in [0.15, 0.2) is 42.5 Å². The van der Waals surface area contributed by atoms with Crippen molar-refractivity contribution in [1.29, 1.82) is 0 Å². The predicted molar refractivity (Wildman–Crippen MR) is 111 cm³/mol. The number of rotatable bonds is 5. The van der Waals surface area contributed by atoms with Crippen molar-refractivity contribution in [3.05, 3.63) is 63.7 Å². The van der Waals surface area contributed by atoms with Crippen LogP contribution in [-0.2, 0) is 0 Å². The summed E-state index contributed by atoms with van der Waals surface area (Å²) in [6, 6.07) is 9.50. The lowest BCUT2D eigenvalue weighted by Crippen LogP contribution is -2.29. The van der Waals surface area contributed by atoms with Gasteiger partial charge in [0.25, 0.3) is 0 Å². The van der Waals surface area contributed by atoms with Crippen molar-refractivity contribution in [2.24, 2.45) is 5.92 Å². The molecule has 0 amide bonds. The highest BCUT2D eigenvalue weighted by Gasteiger charge is 2.40. The number of phenols is 1. The van der Waals surface area contributed by atoms with Gasteiger partial charge in [-0.15, -0.1) is 0 Å². The first-order chi connectivity index (χ1) is 13.1. The molecule has 2 aromatic carbocycles. The Kier molecular flexibility index (Phi) is 5.25. The lowest BCUT2D eigenvalue weighted by atomic mass is 9.76. The fourth-order valence-electron chi connectivity index (χ4n) is 4.17. The van der Waals surface area contributed by atoms with Gasteiger partial charge in [0.1, 0.15) is 11.5 Å². The summed E-state index contributed by atoms with van der Waals surface area (Å²) in [5.41, 5.74) is 2.98. The third kappa shape index (κ3) is 3.39. The number of unbranched alkanes of at least 4 members (excludes halogenated alkanes) is 1. The van der Waals surface area contributed by atoms with Crippen LogP contribution in [0.5, 0.6) is 11.5 Å². The maximum absolute atomic E-state index is 10.6. The number of benzene rings is 2. The molecule has 0 fully saturated rings. The quantitative estimate of drug-likeness (QED) is 0.430. The summed E-state index contributed by atoms with van der Waals surface area (Å²) in [7, 11) is 0. The van der Waals surface area contributed by atoms with Crippen LogP contribution in [-0.4, -0.2) is 11.7 Å². The Morgan fingerprint density at radius 3 is 2.89 bits per heavy atom. The first-order valence-corrected chi connectivity index (χ1v) is 10.2. The summed E-state index contributed by atoms with van der Waals surface area (Å²) >= 11 is 12.4. The van der Waals surface area contributed by atoms with E-state index < -0.39 is 0 Å². The lowest BCUT2D eigenvalue weighted by molar-refractivity contribution is 0.307. The zero-order valence-corrected chi connectivity index (χ0v) is 16.7. The van der Waals surface area contributed by atoms with E-state index in [1.165, 1.54) is 5.56 Å². The first-order valence-electron chi connectivity index (χ1n) is 9.47. The zero-order valence-electron chi connectivity index (χ0n) is 15.2. The van der Waals surface area contributed by atoms with Gasteiger partial charge < -0.3 is 15.2 Å². The fourth-order valence-corrected chi connectivity index (χ4v) is 4.68. The Morgan fingerprint density at radius 2 is 2.07 bits per heavy atom. The Hall–Kier alpha value is -1.84. The van der Waals surface area contributed by atoms with Gasteiger partial charge in [0, 0.05) is 16.5 Å². The second-order valence-electron chi connectivity index (χ2n) is 7.22. The monoisotopic (exact) mass is 403 g/mol. The van der Waals surface area contributed by atoms with E-state index in [1.807, 2.05) is 6.07 Å². The van der Waals surface area contributed by atoms with E-state index in [0.717, 1.165) is 36.3 Å². The molecule has 3 unspecified atom stereocenters. The molecule has 5 heteroatoms.